The van der Waals surface area contributed by atoms with E-state index in [2.05, 4.69) is 5.10 Å². The van der Waals surface area contributed by atoms with E-state index in [1.807, 2.05) is 6.07 Å². The van der Waals surface area contributed by atoms with Crippen LogP contribution in [0.5, 0.6) is 0 Å². The van der Waals surface area contributed by atoms with E-state index in [0.717, 1.165) is 4.88 Å². The van der Waals surface area contributed by atoms with E-state index in [1.165, 1.54) is 16.0 Å². The SMILES string of the molecule is COCc1ccc(C(=O)N2CCC(C(=O)O)(n3cccn3)CC2)s1. The second-order valence-electron chi connectivity index (χ2n) is 5.78. The first kappa shape index (κ1) is 16.7. The topological polar surface area (TPSA) is 84.7 Å². The van der Waals surface area contributed by atoms with E-state index in [4.69, 9.17) is 4.74 Å². The molecule has 2 aromatic rings. The minimum atomic E-state index is -1.07. The van der Waals surface area contributed by atoms with Gasteiger partial charge in [0.05, 0.1) is 11.5 Å². The van der Waals surface area contributed by atoms with Crippen molar-refractivity contribution in [2.24, 2.45) is 0 Å². The first-order chi connectivity index (χ1) is 11.6. The van der Waals surface area contributed by atoms with E-state index >= 15 is 0 Å². The highest BCUT2D eigenvalue weighted by atomic mass is 32.1. The molecule has 0 spiro atoms. The first-order valence-corrected chi connectivity index (χ1v) is 8.49. The number of aliphatic carboxylic acids is 1. The summed E-state index contributed by atoms with van der Waals surface area (Å²) in [5, 5.41) is 13.8. The second-order valence-corrected chi connectivity index (χ2v) is 6.95. The van der Waals surface area contributed by atoms with Crippen molar-refractivity contribution in [2.45, 2.75) is 25.0 Å². The molecular formula is C16H19N3O4S. The van der Waals surface area contributed by atoms with Crippen molar-refractivity contribution >= 4 is 23.2 Å². The standard InChI is InChI=1S/C16H19N3O4S/c1-23-11-12-3-4-13(24-12)14(20)18-9-5-16(6-10-18,15(21)22)19-8-2-7-17-19/h2-4,7-8H,5-6,9-11H2,1H3,(H,21,22). The Labute approximate surface area is 143 Å². The van der Waals surface area contributed by atoms with Crippen LogP contribution in [-0.4, -0.2) is 51.9 Å². The molecule has 1 aliphatic rings. The molecule has 1 amide bonds. The highest BCUT2D eigenvalue weighted by molar-refractivity contribution is 7.14. The summed E-state index contributed by atoms with van der Waals surface area (Å²) < 4.78 is 6.57. The molecule has 2 aromatic heterocycles. The zero-order valence-electron chi connectivity index (χ0n) is 13.3. The fourth-order valence-corrected chi connectivity index (χ4v) is 3.96. The normalized spacial score (nSPS) is 17.0. The lowest BCUT2D eigenvalue weighted by Crippen LogP contribution is -2.52. The van der Waals surface area contributed by atoms with E-state index in [0.29, 0.717) is 37.4 Å². The van der Waals surface area contributed by atoms with Crippen molar-refractivity contribution in [3.63, 3.8) is 0 Å². The van der Waals surface area contributed by atoms with E-state index in [-0.39, 0.29) is 5.91 Å². The van der Waals surface area contributed by atoms with Crippen LogP contribution in [0.15, 0.2) is 30.6 Å². The minimum absolute atomic E-state index is 0.0539. The number of piperidine rings is 1. The van der Waals surface area contributed by atoms with Crippen molar-refractivity contribution in [2.75, 3.05) is 20.2 Å². The lowest BCUT2D eigenvalue weighted by molar-refractivity contribution is -0.150. The van der Waals surface area contributed by atoms with Gasteiger partial charge < -0.3 is 14.7 Å². The Hall–Kier alpha value is -2.19. The Morgan fingerprint density at radius 2 is 2.12 bits per heavy atom. The third-order valence-corrected chi connectivity index (χ3v) is 5.42. The number of likely N-dealkylation sites (tertiary alicyclic amines) is 1. The summed E-state index contributed by atoms with van der Waals surface area (Å²) in [6.07, 6.45) is 3.92. The van der Waals surface area contributed by atoms with Crippen LogP contribution in [0.2, 0.25) is 0 Å². The van der Waals surface area contributed by atoms with Gasteiger partial charge in [-0.25, -0.2) is 4.79 Å². The zero-order chi connectivity index (χ0) is 17.2. The monoisotopic (exact) mass is 349 g/mol. The predicted octanol–water partition coefficient (Wildman–Crippen LogP) is 1.81. The molecule has 1 aliphatic heterocycles. The van der Waals surface area contributed by atoms with Crippen molar-refractivity contribution in [3.8, 4) is 0 Å². The van der Waals surface area contributed by atoms with Gasteiger partial charge in [-0.2, -0.15) is 5.10 Å². The van der Waals surface area contributed by atoms with Crippen LogP contribution in [-0.2, 0) is 21.7 Å². The molecule has 1 N–H and O–H groups in total. The van der Waals surface area contributed by atoms with Crippen molar-refractivity contribution in [1.82, 2.24) is 14.7 Å². The number of ether oxygens (including phenoxy) is 1. The van der Waals surface area contributed by atoms with Crippen molar-refractivity contribution < 1.29 is 19.4 Å². The van der Waals surface area contributed by atoms with Crippen molar-refractivity contribution in [1.29, 1.82) is 0 Å². The quantitative estimate of drug-likeness (QED) is 0.890. The molecule has 0 radical (unpaired) electrons. The Morgan fingerprint density at radius 3 is 2.71 bits per heavy atom. The van der Waals surface area contributed by atoms with Crippen LogP contribution in [0.25, 0.3) is 0 Å². The predicted molar refractivity (Wildman–Crippen MR) is 88.0 cm³/mol. The molecule has 0 bridgehead atoms. The third-order valence-electron chi connectivity index (χ3n) is 4.38. The summed E-state index contributed by atoms with van der Waals surface area (Å²) >= 11 is 1.41. The minimum Gasteiger partial charge on any atom is -0.479 e. The summed E-state index contributed by atoms with van der Waals surface area (Å²) in [4.78, 5) is 27.8. The average molecular weight is 349 g/mol. The maximum Gasteiger partial charge on any atom is 0.331 e. The lowest BCUT2D eigenvalue weighted by Gasteiger charge is -2.38. The average Bonchev–Trinajstić information content (AvgIpc) is 3.26. The number of aromatic nitrogens is 2. The van der Waals surface area contributed by atoms with Gasteiger partial charge in [0, 0.05) is 50.3 Å². The largest absolute Gasteiger partial charge is 0.479 e. The van der Waals surface area contributed by atoms with Gasteiger partial charge in [0.15, 0.2) is 5.54 Å². The number of carboxylic acids is 1. The number of thiophene rings is 1. The van der Waals surface area contributed by atoms with E-state index in [1.54, 1.807) is 36.5 Å². The van der Waals surface area contributed by atoms with Gasteiger partial charge >= 0.3 is 5.97 Å². The highest BCUT2D eigenvalue weighted by Gasteiger charge is 2.44. The maximum absolute atomic E-state index is 12.6. The Kier molecular flexibility index (Phi) is 4.68. The lowest BCUT2D eigenvalue weighted by atomic mass is 9.87. The van der Waals surface area contributed by atoms with E-state index < -0.39 is 11.5 Å². The molecule has 1 fully saturated rings. The fourth-order valence-electron chi connectivity index (χ4n) is 3.01. The molecule has 0 saturated carbocycles. The molecule has 0 aromatic carbocycles. The molecule has 3 rings (SSSR count). The number of carbonyl (C=O) groups is 2. The van der Waals surface area contributed by atoms with Gasteiger partial charge in [0.25, 0.3) is 5.91 Å². The molecule has 3 heterocycles. The van der Waals surface area contributed by atoms with Gasteiger partial charge in [-0.15, -0.1) is 11.3 Å². The fraction of sp³-hybridized carbons (Fsp3) is 0.438. The number of rotatable bonds is 5. The third kappa shape index (κ3) is 2.94. The van der Waals surface area contributed by atoms with Gasteiger partial charge in [-0.05, 0) is 18.2 Å². The summed E-state index contributed by atoms with van der Waals surface area (Å²) in [5.74, 6) is -0.960. The van der Waals surface area contributed by atoms with Crippen LogP contribution < -0.4 is 0 Å². The maximum atomic E-state index is 12.6. The first-order valence-electron chi connectivity index (χ1n) is 7.67. The molecule has 7 nitrogen and oxygen atoms in total. The van der Waals surface area contributed by atoms with Crippen LogP contribution >= 0.6 is 11.3 Å². The number of methoxy groups -OCH3 is 1. The molecule has 128 valence electrons. The number of carboxylic acid groups (broad SMARTS) is 1. The van der Waals surface area contributed by atoms with Crippen LogP contribution in [0, 0.1) is 0 Å². The smallest absolute Gasteiger partial charge is 0.331 e. The number of amides is 1. The highest BCUT2D eigenvalue weighted by Crippen LogP contribution is 2.31. The van der Waals surface area contributed by atoms with Gasteiger partial charge in [-0.1, -0.05) is 0 Å². The van der Waals surface area contributed by atoms with Gasteiger partial charge in [-0.3, -0.25) is 9.48 Å². The van der Waals surface area contributed by atoms with Crippen LogP contribution in [0.3, 0.4) is 0 Å². The molecule has 8 heteroatoms. The molecule has 0 unspecified atom stereocenters. The number of hydrogen-bond acceptors (Lipinski definition) is 5. The van der Waals surface area contributed by atoms with Gasteiger partial charge in [0.2, 0.25) is 0 Å². The summed E-state index contributed by atoms with van der Waals surface area (Å²) in [7, 11) is 1.62. The number of hydrogen-bond donors (Lipinski definition) is 1. The molecule has 24 heavy (non-hydrogen) atoms. The van der Waals surface area contributed by atoms with Crippen LogP contribution in [0.4, 0.5) is 0 Å². The summed E-state index contributed by atoms with van der Waals surface area (Å²) in [6.45, 7) is 1.27. The van der Waals surface area contributed by atoms with Crippen LogP contribution in [0.1, 0.15) is 27.4 Å². The molecule has 0 atom stereocenters. The Bertz CT molecular complexity index is 718. The molecule has 1 saturated heterocycles. The number of carbonyl (C=O) groups excluding carboxylic acids is 1. The molecule has 0 aliphatic carbocycles. The number of nitrogens with zero attached hydrogens (tertiary/aromatic N) is 3. The second kappa shape index (κ2) is 6.74. The Morgan fingerprint density at radius 1 is 1.38 bits per heavy atom. The molecular weight excluding hydrogens is 330 g/mol. The van der Waals surface area contributed by atoms with Crippen molar-refractivity contribution in [3.05, 3.63) is 40.3 Å². The summed E-state index contributed by atoms with van der Waals surface area (Å²) in [6, 6.07) is 5.40. The summed E-state index contributed by atoms with van der Waals surface area (Å²) in [5.41, 5.74) is -1.07. The Balaban J connectivity index is 1.71. The van der Waals surface area contributed by atoms with Gasteiger partial charge in [0.1, 0.15) is 0 Å². The zero-order valence-corrected chi connectivity index (χ0v) is 14.2. The van der Waals surface area contributed by atoms with E-state index in [9.17, 15) is 14.7 Å².